The van der Waals surface area contributed by atoms with Crippen LogP contribution in [0.4, 0.5) is 0 Å². The number of fused-ring (bicyclic) bond motifs is 2. The van der Waals surface area contributed by atoms with Crippen LogP contribution in [-0.4, -0.2) is 27.6 Å². The zero-order valence-corrected chi connectivity index (χ0v) is 15.1. The van der Waals surface area contributed by atoms with E-state index in [0.717, 1.165) is 29.2 Å². The molecule has 6 heteroatoms. The van der Waals surface area contributed by atoms with Crippen molar-refractivity contribution >= 4 is 16.9 Å². The molecule has 0 fully saturated rings. The molecular formula is C20H22N3O3+. The molecule has 1 N–H and O–H groups in total. The molecule has 1 aromatic heterocycles. The Morgan fingerprint density at radius 3 is 2.69 bits per heavy atom. The van der Waals surface area contributed by atoms with E-state index in [1.54, 1.807) is 19.2 Å². The lowest BCUT2D eigenvalue weighted by Crippen LogP contribution is -2.39. The maximum Gasteiger partial charge on any atom is 0.277 e. The molecule has 6 nitrogen and oxygen atoms in total. The molecule has 4 rings (SSSR count). The lowest BCUT2D eigenvalue weighted by Gasteiger charge is -2.19. The van der Waals surface area contributed by atoms with Crippen molar-refractivity contribution in [1.82, 2.24) is 9.47 Å². The van der Waals surface area contributed by atoms with Crippen LogP contribution < -0.4 is 9.30 Å². The van der Waals surface area contributed by atoms with Gasteiger partial charge in [-0.25, -0.2) is 9.13 Å². The Morgan fingerprint density at radius 1 is 1.23 bits per heavy atom. The van der Waals surface area contributed by atoms with Crippen LogP contribution in [0.5, 0.6) is 5.75 Å². The number of benzene rings is 2. The Morgan fingerprint density at radius 2 is 2.00 bits per heavy atom. The van der Waals surface area contributed by atoms with E-state index in [-0.39, 0.29) is 5.91 Å². The van der Waals surface area contributed by atoms with Crippen LogP contribution in [-0.2, 0) is 20.1 Å². The van der Waals surface area contributed by atoms with E-state index in [9.17, 15) is 9.90 Å². The number of carbonyl (C=O) groups is 1. The van der Waals surface area contributed by atoms with Crippen molar-refractivity contribution in [2.45, 2.75) is 26.2 Å². The summed E-state index contributed by atoms with van der Waals surface area (Å²) >= 11 is 0. The minimum Gasteiger partial charge on any atom is -0.497 e. The minimum atomic E-state index is -0.920. The van der Waals surface area contributed by atoms with E-state index in [2.05, 4.69) is 16.1 Å². The van der Waals surface area contributed by atoms with Crippen molar-refractivity contribution in [3.63, 3.8) is 0 Å². The molecule has 0 saturated carbocycles. The fraction of sp³-hybridized carbons (Fsp3) is 0.300. The van der Waals surface area contributed by atoms with Gasteiger partial charge in [0.1, 0.15) is 12.3 Å². The van der Waals surface area contributed by atoms with Gasteiger partial charge in [-0.1, -0.05) is 18.2 Å². The van der Waals surface area contributed by atoms with Crippen LogP contribution in [0.25, 0.3) is 11.0 Å². The van der Waals surface area contributed by atoms with Gasteiger partial charge in [0.05, 0.1) is 20.7 Å². The van der Waals surface area contributed by atoms with Crippen molar-refractivity contribution in [3.8, 4) is 5.75 Å². The van der Waals surface area contributed by atoms with E-state index in [0.29, 0.717) is 17.7 Å². The number of aromatic nitrogens is 2. The first-order chi connectivity index (χ1) is 12.6. The highest BCUT2D eigenvalue weighted by atomic mass is 16.5. The quantitative estimate of drug-likeness (QED) is 0.732. The molecule has 0 saturated heterocycles. The molecule has 1 aliphatic heterocycles. The summed E-state index contributed by atoms with van der Waals surface area (Å²) in [5, 5.41) is 10.7. The molecule has 1 atom stereocenters. The van der Waals surface area contributed by atoms with Crippen LogP contribution >= 0.6 is 0 Å². The Bertz CT molecular complexity index is 1010. The summed E-state index contributed by atoms with van der Waals surface area (Å²) in [7, 11) is 3.63. The number of rotatable bonds is 4. The lowest BCUT2D eigenvalue weighted by atomic mass is 10.1. The number of ether oxygens (including phenoxy) is 1. The maximum absolute atomic E-state index is 12.8. The van der Waals surface area contributed by atoms with Crippen molar-refractivity contribution < 1.29 is 19.2 Å². The fourth-order valence-electron chi connectivity index (χ4n) is 3.79. The zero-order chi connectivity index (χ0) is 18.4. The monoisotopic (exact) mass is 352 g/mol. The molecule has 1 unspecified atom stereocenters. The second-order valence-corrected chi connectivity index (χ2v) is 6.47. The third-order valence-corrected chi connectivity index (χ3v) is 5.19. The summed E-state index contributed by atoms with van der Waals surface area (Å²) in [6.45, 7) is 3.15. The summed E-state index contributed by atoms with van der Waals surface area (Å²) < 4.78 is 9.58. The molecule has 3 aromatic rings. The summed E-state index contributed by atoms with van der Waals surface area (Å²) in [5.41, 5.74) is 3.34. The van der Waals surface area contributed by atoms with Crippen LogP contribution in [0, 0.1) is 0 Å². The second-order valence-electron chi connectivity index (χ2n) is 6.47. The Balaban J connectivity index is 1.79. The number of aryl methyl sites for hydroxylation is 2. The number of methoxy groups -OCH3 is 1. The summed E-state index contributed by atoms with van der Waals surface area (Å²) in [6, 6.07) is 13.2. The number of aliphatic hydroxyl groups excluding tert-OH is 1. The standard InChI is InChI=1S/C20H22N3O3/c1-4-22-17-11-13(26-3)9-10-16(17)21(2)18(22)12-23-19(24)14-7-5-6-8-15(14)20(23)25/h5-11,19,24H,4,12H2,1-3H3/q+1. The van der Waals surface area contributed by atoms with Crippen LogP contribution in [0.2, 0.25) is 0 Å². The first kappa shape index (κ1) is 16.6. The van der Waals surface area contributed by atoms with Gasteiger partial charge in [0.15, 0.2) is 17.3 Å². The fourth-order valence-corrected chi connectivity index (χ4v) is 3.79. The molecule has 26 heavy (non-hydrogen) atoms. The van der Waals surface area contributed by atoms with E-state index in [1.165, 1.54) is 4.90 Å². The van der Waals surface area contributed by atoms with Gasteiger partial charge < -0.3 is 9.84 Å². The smallest absolute Gasteiger partial charge is 0.277 e. The maximum atomic E-state index is 12.8. The number of carbonyl (C=O) groups excluding carboxylic acids is 1. The molecule has 0 bridgehead atoms. The first-order valence-electron chi connectivity index (χ1n) is 8.70. The Hall–Kier alpha value is -2.86. The summed E-state index contributed by atoms with van der Waals surface area (Å²) in [5.74, 6) is 1.61. The van der Waals surface area contributed by atoms with Gasteiger partial charge >= 0.3 is 0 Å². The highest BCUT2D eigenvalue weighted by molar-refractivity contribution is 5.98. The topological polar surface area (TPSA) is 58.6 Å². The molecule has 0 radical (unpaired) electrons. The average molecular weight is 352 g/mol. The van der Waals surface area contributed by atoms with Gasteiger partial charge in [0.25, 0.3) is 11.7 Å². The van der Waals surface area contributed by atoms with Gasteiger partial charge in [-0.2, -0.15) is 0 Å². The summed E-state index contributed by atoms with van der Waals surface area (Å²) in [4.78, 5) is 14.3. The molecule has 134 valence electrons. The normalized spacial score (nSPS) is 16.4. The number of amides is 1. The predicted molar refractivity (Wildman–Crippen MR) is 96.6 cm³/mol. The van der Waals surface area contributed by atoms with Gasteiger partial charge in [-0.15, -0.1) is 0 Å². The molecule has 1 aliphatic rings. The molecule has 1 amide bonds. The van der Waals surface area contributed by atoms with Crippen molar-refractivity contribution in [2.24, 2.45) is 7.05 Å². The Kier molecular flexibility index (Phi) is 3.92. The first-order valence-corrected chi connectivity index (χ1v) is 8.70. The number of nitrogens with zero attached hydrogens (tertiary/aromatic N) is 3. The van der Waals surface area contributed by atoms with Crippen LogP contribution in [0.3, 0.4) is 0 Å². The largest absolute Gasteiger partial charge is 0.497 e. The zero-order valence-electron chi connectivity index (χ0n) is 15.1. The van der Waals surface area contributed by atoms with Crippen molar-refractivity contribution in [2.75, 3.05) is 7.11 Å². The molecule has 0 aliphatic carbocycles. The molecule has 2 heterocycles. The van der Waals surface area contributed by atoms with Crippen LogP contribution in [0.1, 0.15) is 34.9 Å². The van der Waals surface area contributed by atoms with Gasteiger partial charge in [0, 0.05) is 17.2 Å². The van der Waals surface area contributed by atoms with Gasteiger partial charge in [-0.3, -0.25) is 9.69 Å². The van der Waals surface area contributed by atoms with Crippen molar-refractivity contribution in [1.29, 1.82) is 0 Å². The highest BCUT2D eigenvalue weighted by Gasteiger charge is 2.38. The third-order valence-electron chi connectivity index (χ3n) is 5.19. The summed E-state index contributed by atoms with van der Waals surface area (Å²) in [6.07, 6.45) is -0.920. The third kappa shape index (κ3) is 2.29. The van der Waals surface area contributed by atoms with Gasteiger partial charge in [0.2, 0.25) is 0 Å². The number of imidazole rings is 1. The van der Waals surface area contributed by atoms with E-state index >= 15 is 0 Å². The number of hydrogen-bond acceptors (Lipinski definition) is 3. The molecule has 2 aromatic carbocycles. The highest BCUT2D eigenvalue weighted by Crippen LogP contribution is 2.33. The molecule has 0 spiro atoms. The van der Waals surface area contributed by atoms with Crippen molar-refractivity contribution in [3.05, 3.63) is 59.4 Å². The average Bonchev–Trinajstić information content (AvgIpc) is 3.08. The molecular weight excluding hydrogens is 330 g/mol. The van der Waals surface area contributed by atoms with Gasteiger partial charge in [-0.05, 0) is 25.1 Å². The lowest BCUT2D eigenvalue weighted by molar-refractivity contribution is -0.655. The van der Waals surface area contributed by atoms with E-state index < -0.39 is 6.23 Å². The SMILES string of the molecule is CCn1c(CN2C(=O)c3ccccc3C2O)[n+](C)c2ccc(OC)cc21. The van der Waals surface area contributed by atoms with E-state index in [1.807, 2.05) is 37.4 Å². The van der Waals surface area contributed by atoms with E-state index in [4.69, 9.17) is 4.74 Å². The second kappa shape index (κ2) is 6.14. The number of aliphatic hydroxyl groups is 1. The predicted octanol–water partition coefficient (Wildman–Crippen LogP) is 2.14. The van der Waals surface area contributed by atoms with Crippen LogP contribution in [0.15, 0.2) is 42.5 Å². The minimum absolute atomic E-state index is 0.140. The number of hydrogen-bond donors (Lipinski definition) is 1. The Labute approximate surface area is 151 Å².